The van der Waals surface area contributed by atoms with Gasteiger partial charge in [0.15, 0.2) is 0 Å². The number of rotatable bonds is 2. The summed E-state index contributed by atoms with van der Waals surface area (Å²) < 4.78 is 13.9. The van der Waals surface area contributed by atoms with Crippen LogP contribution in [0.4, 0.5) is 0 Å². The molecule has 0 saturated heterocycles. The molecule has 0 spiro atoms. The third-order valence-corrected chi connectivity index (χ3v) is 4.62. The van der Waals surface area contributed by atoms with E-state index in [1.54, 1.807) is 0 Å². The Labute approximate surface area is 128 Å². The molecule has 0 unspecified atom stereocenters. The lowest BCUT2D eigenvalue weighted by Gasteiger charge is -2.14. The van der Waals surface area contributed by atoms with Gasteiger partial charge in [-0.05, 0) is 18.2 Å². The first-order valence-electron chi connectivity index (χ1n) is 7.73. The fraction of sp³-hybridized carbons (Fsp3) is 0.278. The Kier molecular flexibility index (Phi) is 2.47. The lowest BCUT2D eigenvalue weighted by molar-refractivity contribution is 0.352. The minimum Gasteiger partial charge on any atom is -0.493 e. The maximum atomic E-state index is 5.93. The largest absolute Gasteiger partial charge is 0.493 e. The van der Waals surface area contributed by atoms with E-state index in [1.165, 1.54) is 16.7 Å². The van der Waals surface area contributed by atoms with Crippen molar-refractivity contribution >= 4 is 11.0 Å². The van der Waals surface area contributed by atoms with E-state index in [9.17, 15) is 0 Å². The number of benzene rings is 2. The molecule has 3 aromatic rings. The normalized spacial score (nSPS) is 15.5. The standard InChI is InChI=1S/C18H16N2O2/c1-2-4-16-15(3-1)19-11-20(16)10-14-13-6-8-21-17(13)9-12-5-7-22-18(12)14/h1-4,9,11H,5-8,10H2. The van der Waals surface area contributed by atoms with E-state index < -0.39 is 0 Å². The highest BCUT2D eigenvalue weighted by Gasteiger charge is 2.26. The molecule has 2 aliphatic rings. The fourth-order valence-corrected chi connectivity index (χ4v) is 3.56. The molecule has 4 heteroatoms. The Morgan fingerprint density at radius 1 is 1.09 bits per heavy atom. The summed E-state index contributed by atoms with van der Waals surface area (Å²) in [5.74, 6) is 2.12. The zero-order chi connectivity index (χ0) is 14.5. The van der Waals surface area contributed by atoms with E-state index in [0.29, 0.717) is 0 Å². The van der Waals surface area contributed by atoms with E-state index in [4.69, 9.17) is 9.47 Å². The Morgan fingerprint density at radius 3 is 3.00 bits per heavy atom. The van der Waals surface area contributed by atoms with Gasteiger partial charge in [-0.25, -0.2) is 4.98 Å². The van der Waals surface area contributed by atoms with E-state index in [1.807, 2.05) is 18.5 Å². The number of hydrogen-bond acceptors (Lipinski definition) is 3. The SMILES string of the molecule is c1ccc2c(c1)ncn2Cc1c2c(cc3c1OCC3)OCC2. The van der Waals surface area contributed by atoms with Gasteiger partial charge in [0.25, 0.3) is 0 Å². The highest BCUT2D eigenvalue weighted by atomic mass is 16.5. The van der Waals surface area contributed by atoms with Crippen molar-refractivity contribution < 1.29 is 9.47 Å². The Bertz CT molecular complexity index is 850. The molecule has 0 atom stereocenters. The van der Waals surface area contributed by atoms with Gasteiger partial charge >= 0.3 is 0 Å². The number of para-hydroxylation sites is 2. The molecule has 3 heterocycles. The van der Waals surface area contributed by atoms with Crippen molar-refractivity contribution in [3.63, 3.8) is 0 Å². The maximum absolute atomic E-state index is 5.93. The Balaban J connectivity index is 1.67. The molecular weight excluding hydrogens is 276 g/mol. The van der Waals surface area contributed by atoms with Crippen LogP contribution in [0.2, 0.25) is 0 Å². The molecule has 0 bridgehead atoms. The van der Waals surface area contributed by atoms with Crippen LogP contribution in [0.15, 0.2) is 36.7 Å². The third-order valence-electron chi connectivity index (χ3n) is 4.62. The number of imidazole rings is 1. The van der Waals surface area contributed by atoms with Crippen LogP contribution in [0.3, 0.4) is 0 Å². The first kappa shape index (κ1) is 12.1. The van der Waals surface area contributed by atoms with E-state index >= 15 is 0 Å². The second-order valence-corrected chi connectivity index (χ2v) is 5.88. The topological polar surface area (TPSA) is 36.3 Å². The number of ether oxygens (including phenoxy) is 2. The van der Waals surface area contributed by atoms with Gasteiger partial charge in [0, 0.05) is 29.5 Å². The van der Waals surface area contributed by atoms with E-state index in [2.05, 4.69) is 27.8 Å². The van der Waals surface area contributed by atoms with Crippen molar-refractivity contribution in [2.24, 2.45) is 0 Å². The highest BCUT2D eigenvalue weighted by molar-refractivity contribution is 5.75. The van der Waals surface area contributed by atoms with E-state index in [0.717, 1.165) is 55.1 Å². The monoisotopic (exact) mass is 292 g/mol. The van der Waals surface area contributed by atoms with Crippen molar-refractivity contribution in [2.75, 3.05) is 13.2 Å². The van der Waals surface area contributed by atoms with Gasteiger partial charge in [-0.2, -0.15) is 0 Å². The van der Waals surface area contributed by atoms with Crippen molar-refractivity contribution in [2.45, 2.75) is 19.4 Å². The van der Waals surface area contributed by atoms with Crippen molar-refractivity contribution in [3.05, 3.63) is 53.3 Å². The average Bonchev–Trinajstić information content (AvgIpc) is 3.26. The van der Waals surface area contributed by atoms with Gasteiger partial charge in [-0.3, -0.25) is 0 Å². The molecule has 0 saturated carbocycles. The van der Waals surface area contributed by atoms with Gasteiger partial charge < -0.3 is 14.0 Å². The Hall–Kier alpha value is -2.49. The summed E-state index contributed by atoms with van der Waals surface area (Å²) in [5, 5.41) is 0. The molecule has 0 N–H and O–H groups in total. The second-order valence-electron chi connectivity index (χ2n) is 5.88. The molecule has 2 aromatic carbocycles. The van der Waals surface area contributed by atoms with Crippen molar-refractivity contribution in [3.8, 4) is 11.5 Å². The summed E-state index contributed by atoms with van der Waals surface area (Å²) in [6, 6.07) is 10.4. The van der Waals surface area contributed by atoms with Crippen molar-refractivity contribution in [1.29, 1.82) is 0 Å². The smallest absolute Gasteiger partial charge is 0.128 e. The van der Waals surface area contributed by atoms with Gasteiger partial charge in [0.05, 0.1) is 37.1 Å². The van der Waals surface area contributed by atoms with Crippen LogP contribution in [0.25, 0.3) is 11.0 Å². The fourth-order valence-electron chi connectivity index (χ4n) is 3.56. The quantitative estimate of drug-likeness (QED) is 0.728. The Morgan fingerprint density at radius 2 is 2.00 bits per heavy atom. The maximum Gasteiger partial charge on any atom is 0.128 e. The molecule has 2 aliphatic heterocycles. The summed E-state index contributed by atoms with van der Waals surface area (Å²) in [4.78, 5) is 4.49. The van der Waals surface area contributed by atoms with Crippen LogP contribution >= 0.6 is 0 Å². The highest BCUT2D eigenvalue weighted by Crippen LogP contribution is 2.41. The zero-order valence-electron chi connectivity index (χ0n) is 12.2. The van der Waals surface area contributed by atoms with Gasteiger partial charge in [0.2, 0.25) is 0 Å². The number of aromatic nitrogens is 2. The number of nitrogens with zero attached hydrogens (tertiary/aromatic N) is 2. The molecular formula is C18H16N2O2. The van der Waals surface area contributed by atoms with Gasteiger partial charge in [-0.1, -0.05) is 12.1 Å². The predicted molar refractivity (Wildman–Crippen MR) is 83.7 cm³/mol. The average molecular weight is 292 g/mol. The van der Waals surface area contributed by atoms with Crippen LogP contribution in [-0.2, 0) is 19.4 Å². The summed E-state index contributed by atoms with van der Waals surface area (Å²) in [6.45, 7) is 2.33. The minimum atomic E-state index is 0.774. The number of fused-ring (bicyclic) bond motifs is 3. The number of hydrogen-bond donors (Lipinski definition) is 0. The van der Waals surface area contributed by atoms with Crippen LogP contribution < -0.4 is 9.47 Å². The molecule has 22 heavy (non-hydrogen) atoms. The molecule has 0 fully saturated rings. The van der Waals surface area contributed by atoms with Gasteiger partial charge in [0.1, 0.15) is 11.5 Å². The van der Waals surface area contributed by atoms with Crippen molar-refractivity contribution in [1.82, 2.24) is 9.55 Å². The summed E-state index contributed by atoms with van der Waals surface area (Å²) >= 11 is 0. The van der Waals surface area contributed by atoms with Crippen LogP contribution in [0.1, 0.15) is 16.7 Å². The van der Waals surface area contributed by atoms with Crippen LogP contribution in [-0.4, -0.2) is 22.8 Å². The van der Waals surface area contributed by atoms with Crippen LogP contribution in [0, 0.1) is 0 Å². The molecule has 4 nitrogen and oxygen atoms in total. The predicted octanol–water partition coefficient (Wildman–Crippen LogP) is 2.95. The van der Waals surface area contributed by atoms with Crippen LogP contribution in [0.5, 0.6) is 11.5 Å². The molecule has 5 rings (SSSR count). The van der Waals surface area contributed by atoms with E-state index in [-0.39, 0.29) is 0 Å². The molecule has 1 aromatic heterocycles. The molecule has 110 valence electrons. The summed E-state index contributed by atoms with van der Waals surface area (Å²) in [6.07, 6.45) is 3.86. The zero-order valence-corrected chi connectivity index (χ0v) is 12.2. The molecule has 0 amide bonds. The molecule has 0 radical (unpaired) electrons. The summed E-state index contributed by atoms with van der Waals surface area (Å²) in [7, 11) is 0. The summed E-state index contributed by atoms with van der Waals surface area (Å²) in [5.41, 5.74) is 6.04. The second kappa shape index (κ2) is 4.50. The first-order valence-corrected chi connectivity index (χ1v) is 7.73. The molecule has 0 aliphatic carbocycles. The first-order chi connectivity index (χ1) is 10.9. The third kappa shape index (κ3) is 1.67. The lowest BCUT2D eigenvalue weighted by Crippen LogP contribution is -2.04. The van der Waals surface area contributed by atoms with Gasteiger partial charge in [-0.15, -0.1) is 0 Å². The minimum absolute atomic E-state index is 0.774. The lowest BCUT2D eigenvalue weighted by atomic mass is 9.99.